The van der Waals surface area contributed by atoms with Gasteiger partial charge in [-0.2, -0.15) is 0 Å². The van der Waals surface area contributed by atoms with E-state index in [9.17, 15) is 14.0 Å². The Morgan fingerprint density at radius 3 is 2.77 bits per heavy atom. The van der Waals surface area contributed by atoms with Crippen molar-refractivity contribution in [3.8, 4) is 0 Å². The van der Waals surface area contributed by atoms with Gasteiger partial charge in [0.1, 0.15) is 11.3 Å². The van der Waals surface area contributed by atoms with Crippen LogP contribution >= 0.6 is 0 Å². The molecule has 1 aromatic carbocycles. The van der Waals surface area contributed by atoms with Crippen molar-refractivity contribution in [3.05, 3.63) is 52.7 Å². The Hall–Kier alpha value is -2.67. The molecular weight excluding hydrogens is 335 g/mol. The minimum atomic E-state index is -0.390. The van der Waals surface area contributed by atoms with E-state index in [4.69, 9.17) is 0 Å². The summed E-state index contributed by atoms with van der Waals surface area (Å²) in [5.41, 5.74) is 1.66. The normalized spacial score (nSPS) is 11.5. The smallest absolute Gasteiger partial charge is 0.275 e. The van der Waals surface area contributed by atoms with Crippen molar-refractivity contribution in [2.45, 2.75) is 19.4 Å². The fourth-order valence-electron chi connectivity index (χ4n) is 3.06. The first-order valence-electron chi connectivity index (χ1n) is 8.68. The molecule has 0 radical (unpaired) electrons. The highest BCUT2D eigenvalue weighted by Crippen LogP contribution is 2.17. The maximum absolute atomic E-state index is 13.7. The van der Waals surface area contributed by atoms with Gasteiger partial charge in [0, 0.05) is 32.3 Å². The van der Waals surface area contributed by atoms with Gasteiger partial charge in [-0.15, -0.1) is 0 Å². The van der Waals surface area contributed by atoms with E-state index in [0.717, 1.165) is 12.1 Å². The number of likely N-dealkylation sites (N-methyl/N-ethyl adjacent to an activating group) is 1. The first-order chi connectivity index (χ1) is 12.5. The summed E-state index contributed by atoms with van der Waals surface area (Å²) in [5.74, 6) is -0.433. The lowest BCUT2D eigenvalue weighted by atomic mass is 10.2. The number of aryl methyl sites for hydroxylation is 1. The summed E-state index contributed by atoms with van der Waals surface area (Å²) in [6.07, 6.45) is 2.62. The van der Waals surface area contributed by atoms with Gasteiger partial charge in [-0.3, -0.25) is 9.59 Å². The van der Waals surface area contributed by atoms with Gasteiger partial charge in [-0.1, -0.05) is 0 Å². The predicted molar refractivity (Wildman–Crippen MR) is 99.9 cm³/mol. The van der Waals surface area contributed by atoms with E-state index in [1.54, 1.807) is 33.4 Å². The number of halogens is 1. The molecule has 3 aromatic rings. The van der Waals surface area contributed by atoms with Crippen LogP contribution in [0.5, 0.6) is 0 Å². The Labute approximate surface area is 150 Å². The Bertz CT molecular complexity index is 990. The lowest BCUT2D eigenvalue weighted by Gasteiger charge is -2.13. The number of nitrogens with zero attached hydrogens (tertiary/aromatic N) is 3. The summed E-state index contributed by atoms with van der Waals surface area (Å²) in [6.45, 7) is 1.73. The van der Waals surface area contributed by atoms with E-state index in [1.807, 2.05) is 19.0 Å². The summed E-state index contributed by atoms with van der Waals surface area (Å²) < 4.78 is 17.1. The Morgan fingerprint density at radius 1 is 1.19 bits per heavy atom. The van der Waals surface area contributed by atoms with Crippen LogP contribution in [0.2, 0.25) is 0 Å². The summed E-state index contributed by atoms with van der Waals surface area (Å²) in [4.78, 5) is 26.7. The largest absolute Gasteiger partial charge is 0.355 e. The number of amides is 1. The fourth-order valence-corrected chi connectivity index (χ4v) is 3.06. The highest BCUT2D eigenvalue weighted by Gasteiger charge is 2.12. The number of hydrogen-bond acceptors (Lipinski definition) is 3. The van der Waals surface area contributed by atoms with E-state index < -0.39 is 5.82 Å². The molecule has 2 heterocycles. The molecule has 138 valence electrons. The van der Waals surface area contributed by atoms with Crippen molar-refractivity contribution in [1.29, 1.82) is 0 Å². The molecule has 0 saturated carbocycles. The summed E-state index contributed by atoms with van der Waals surface area (Å²) in [7, 11) is 3.89. The van der Waals surface area contributed by atoms with Gasteiger partial charge >= 0.3 is 0 Å². The number of rotatable bonds is 7. The SMILES string of the molecule is CN(C)CCNC(=O)CCCn1c(=O)c2cccn2c2ccc(F)cc21. The first kappa shape index (κ1) is 18.1. The zero-order valence-electron chi connectivity index (χ0n) is 15.0. The Morgan fingerprint density at radius 2 is 2.00 bits per heavy atom. The first-order valence-corrected chi connectivity index (χ1v) is 8.68. The van der Waals surface area contributed by atoms with Crippen molar-refractivity contribution in [2.75, 3.05) is 27.2 Å². The number of fused-ring (bicyclic) bond motifs is 3. The third-order valence-electron chi connectivity index (χ3n) is 4.37. The van der Waals surface area contributed by atoms with Gasteiger partial charge in [-0.25, -0.2) is 4.39 Å². The van der Waals surface area contributed by atoms with Crippen LogP contribution in [0.25, 0.3) is 16.6 Å². The van der Waals surface area contributed by atoms with Crippen molar-refractivity contribution >= 4 is 22.5 Å². The van der Waals surface area contributed by atoms with Gasteiger partial charge in [0.2, 0.25) is 5.91 Å². The Kier molecular flexibility index (Phi) is 5.37. The molecule has 0 aliphatic carbocycles. The number of aromatic nitrogens is 2. The van der Waals surface area contributed by atoms with Gasteiger partial charge in [0.25, 0.3) is 5.56 Å². The van der Waals surface area contributed by atoms with E-state index in [2.05, 4.69) is 5.32 Å². The van der Waals surface area contributed by atoms with Crippen molar-refractivity contribution in [3.63, 3.8) is 0 Å². The molecule has 1 N–H and O–H groups in total. The maximum atomic E-state index is 13.7. The molecule has 0 spiro atoms. The van der Waals surface area contributed by atoms with Crippen molar-refractivity contribution in [1.82, 2.24) is 19.2 Å². The molecule has 26 heavy (non-hydrogen) atoms. The lowest BCUT2D eigenvalue weighted by molar-refractivity contribution is -0.121. The standard InChI is InChI=1S/C19H23FN4O2/c1-22(2)12-9-21-18(25)6-4-11-24-17-13-14(20)7-8-15(17)23-10-3-5-16(23)19(24)26/h3,5,7-8,10,13H,4,6,9,11-12H2,1-2H3,(H,21,25). The third kappa shape index (κ3) is 3.77. The van der Waals surface area contributed by atoms with E-state index in [1.165, 1.54) is 12.1 Å². The van der Waals surface area contributed by atoms with Crippen LogP contribution in [0.3, 0.4) is 0 Å². The Balaban J connectivity index is 1.78. The second kappa shape index (κ2) is 7.70. The third-order valence-corrected chi connectivity index (χ3v) is 4.37. The number of carbonyl (C=O) groups excluding carboxylic acids is 1. The zero-order chi connectivity index (χ0) is 18.7. The second-order valence-corrected chi connectivity index (χ2v) is 6.61. The fraction of sp³-hybridized carbons (Fsp3) is 0.368. The minimum absolute atomic E-state index is 0.0425. The molecule has 0 saturated heterocycles. The summed E-state index contributed by atoms with van der Waals surface area (Å²) in [6, 6.07) is 7.96. The molecule has 2 aromatic heterocycles. The molecule has 1 amide bonds. The van der Waals surface area contributed by atoms with Crippen molar-refractivity contribution < 1.29 is 9.18 Å². The van der Waals surface area contributed by atoms with Crippen LogP contribution in [-0.4, -0.2) is 47.0 Å². The van der Waals surface area contributed by atoms with Crippen LogP contribution < -0.4 is 10.9 Å². The quantitative estimate of drug-likeness (QED) is 0.701. The molecule has 0 bridgehead atoms. The molecule has 0 fully saturated rings. The van der Waals surface area contributed by atoms with Crippen molar-refractivity contribution in [2.24, 2.45) is 0 Å². The molecule has 3 rings (SSSR count). The zero-order valence-corrected chi connectivity index (χ0v) is 15.0. The van der Waals surface area contributed by atoms with Crippen LogP contribution in [0.15, 0.2) is 41.3 Å². The number of hydrogen-bond donors (Lipinski definition) is 1. The number of nitrogens with one attached hydrogen (secondary N) is 1. The van der Waals surface area contributed by atoms with Gasteiger partial charge < -0.3 is 19.2 Å². The van der Waals surface area contributed by atoms with Crippen LogP contribution in [0.4, 0.5) is 4.39 Å². The number of carbonyl (C=O) groups is 1. The van der Waals surface area contributed by atoms with E-state index in [-0.39, 0.29) is 11.5 Å². The van der Waals surface area contributed by atoms with Crippen LogP contribution in [0.1, 0.15) is 12.8 Å². The molecule has 6 nitrogen and oxygen atoms in total. The predicted octanol–water partition coefficient (Wildman–Crippen LogP) is 1.85. The van der Waals surface area contributed by atoms with E-state index in [0.29, 0.717) is 37.0 Å². The molecule has 7 heteroatoms. The molecule has 0 atom stereocenters. The highest BCUT2D eigenvalue weighted by atomic mass is 19.1. The minimum Gasteiger partial charge on any atom is -0.355 e. The topological polar surface area (TPSA) is 58.8 Å². The second-order valence-electron chi connectivity index (χ2n) is 6.61. The molecular formula is C19H23FN4O2. The maximum Gasteiger partial charge on any atom is 0.275 e. The van der Waals surface area contributed by atoms with Gasteiger partial charge in [-0.05, 0) is 50.8 Å². The highest BCUT2D eigenvalue weighted by molar-refractivity contribution is 5.79. The van der Waals surface area contributed by atoms with Gasteiger partial charge in [0.15, 0.2) is 0 Å². The molecule has 0 unspecified atom stereocenters. The number of benzene rings is 1. The average Bonchev–Trinajstić information content (AvgIpc) is 3.07. The lowest BCUT2D eigenvalue weighted by Crippen LogP contribution is -2.31. The van der Waals surface area contributed by atoms with Gasteiger partial charge in [0.05, 0.1) is 11.0 Å². The monoisotopic (exact) mass is 358 g/mol. The molecule has 0 aliphatic rings. The summed E-state index contributed by atoms with van der Waals surface area (Å²) in [5, 5.41) is 2.85. The summed E-state index contributed by atoms with van der Waals surface area (Å²) >= 11 is 0. The van der Waals surface area contributed by atoms with Crippen LogP contribution in [-0.2, 0) is 11.3 Å². The van der Waals surface area contributed by atoms with E-state index >= 15 is 0 Å². The molecule has 0 aliphatic heterocycles. The van der Waals surface area contributed by atoms with Crippen LogP contribution in [0, 0.1) is 5.82 Å². The average molecular weight is 358 g/mol.